The molecule has 1 fully saturated rings. The third-order valence-electron chi connectivity index (χ3n) is 6.16. The topological polar surface area (TPSA) is 61.8 Å². The summed E-state index contributed by atoms with van der Waals surface area (Å²) in [5.41, 5.74) is 0.176. The van der Waals surface area contributed by atoms with Crippen LogP contribution in [0.1, 0.15) is 44.2 Å². The third-order valence-corrected chi connectivity index (χ3v) is 6.16. The molecule has 0 N–H and O–H groups in total. The van der Waals surface area contributed by atoms with Crippen LogP contribution in [0.5, 0.6) is 5.75 Å². The van der Waals surface area contributed by atoms with Crippen molar-refractivity contribution in [3.63, 3.8) is 0 Å². The van der Waals surface area contributed by atoms with Crippen LogP contribution in [0.25, 0.3) is 0 Å². The van der Waals surface area contributed by atoms with Crippen LogP contribution in [0.3, 0.4) is 0 Å². The standard InChI is InChI=1S/C30H24O5/c1-33-25-19-17-24(18-20-25)29-34-28(23-15-9-4-10-16-23)30(35-29,26(31)21-11-5-2-6-12-21)27(32)22-13-7-3-8-14-22/h2-20,28-29H,1H3/t28-,29-/m1/s1. The van der Waals surface area contributed by atoms with E-state index < -0.39 is 29.6 Å². The molecule has 0 spiro atoms. The number of rotatable bonds is 7. The molecule has 0 bridgehead atoms. The van der Waals surface area contributed by atoms with E-state index in [0.717, 1.165) is 0 Å². The number of hydrogen-bond acceptors (Lipinski definition) is 5. The van der Waals surface area contributed by atoms with E-state index in [9.17, 15) is 9.59 Å². The maximum atomic E-state index is 14.2. The van der Waals surface area contributed by atoms with Crippen molar-refractivity contribution in [2.75, 3.05) is 7.11 Å². The summed E-state index contributed by atoms with van der Waals surface area (Å²) in [4.78, 5) is 28.4. The molecule has 0 aromatic heterocycles. The number of ether oxygens (including phenoxy) is 3. The molecule has 174 valence electrons. The predicted octanol–water partition coefficient (Wildman–Crippen LogP) is 5.99. The van der Waals surface area contributed by atoms with Crippen LogP contribution in [0.4, 0.5) is 0 Å². The second-order valence-electron chi connectivity index (χ2n) is 8.28. The van der Waals surface area contributed by atoms with Gasteiger partial charge in [0.15, 0.2) is 6.29 Å². The normalized spacial score (nSPS) is 18.7. The Morgan fingerprint density at radius 2 is 1.14 bits per heavy atom. The van der Waals surface area contributed by atoms with E-state index in [0.29, 0.717) is 28.0 Å². The number of carbonyl (C=O) groups excluding carboxylic acids is 2. The average molecular weight is 465 g/mol. The van der Waals surface area contributed by atoms with E-state index in [1.165, 1.54) is 0 Å². The van der Waals surface area contributed by atoms with Crippen molar-refractivity contribution < 1.29 is 23.8 Å². The summed E-state index contributed by atoms with van der Waals surface area (Å²) in [6.07, 6.45) is -1.90. The molecule has 4 aromatic rings. The van der Waals surface area contributed by atoms with Crippen molar-refractivity contribution in [2.45, 2.75) is 18.0 Å². The van der Waals surface area contributed by atoms with Gasteiger partial charge in [0.2, 0.25) is 17.2 Å². The molecule has 0 amide bonds. The SMILES string of the molecule is COc1ccc([C@@H]2O[C@H](c3ccccc3)C(C(=O)c3ccccc3)(C(=O)c3ccccc3)O2)cc1. The van der Waals surface area contributed by atoms with Gasteiger partial charge in [-0.25, -0.2) is 0 Å². The number of carbonyl (C=O) groups is 2. The van der Waals surface area contributed by atoms with Crippen LogP contribution in [-0.2, 0) is 9.47 Å². The molecule has 5 heteroatoms. The van der Waals surface area contributed by atoms with Gasteiger partial charge in [-0.15, -0.1) is 0 Å². The van der Waals surface area contributed by atoms with Gasteiger partial charge in [0, 0.05) is 16.7 Å². The highest BCUT2D eigenvalue weighted by atomic mass is 16.7. The van der Waals surface area contributed by atoms with Gasteiger partial charge >= 0.3 is 0 Å². The molecule has 5 nitrogen and oxygen atoms in total. The van der Waals surface area contributed by atoms with Crippen LogP contribution < -0.4 is 4.74 Å². The molecular weight excluding hydrogens is 440 g/mol. The van der Waals surface area contributed by atoms with Crippen molar-refractivity contribution in [3.05, 3.63) is 138 Å². The van der Waals surface area contributed by atoms with Gasteiger partial charge in [0.25, 0.3) is 0 Å². The minimum absolute atomic E-state index is 0.372. The molecular formula is C30H24O5. The van der Waals surface area contributed by atoms with Crippen LogP contribution in [-0.4, -0.2) is 24.3 Å². The van der Waals surface area contributed by atoms with Crippen LogP contribution in [0.15, 0.2) is 115 Å². The van der Waals surface area contributed by atoms with E-state index in [1.807, 2.05) is 54.6 Å². The van der Waals surface area contributed by atoms with Crippen molar-refractivity contribution in [2.24, 2.45) is 0 Å². The minimum atomic E-state index is -1.92. The predicted molar refractivity (Wildman–Crippen MR) is 131 cm³/mol. The molecule has 1 aliphatic heterocycles. The largest absolute Gasteiger partial charge is 0.497 e. The Bertz CT molecular complexity index is 1250. The summed E-state index contributed by atoms with van der Waals surface area (Å²) in [7, 11) is 1.59. The lowest BCUT2D eigenvalue weighted by atomic mass is 9.78. The molecule has 0 unspecified atom stereocenters. The van der Waals surface area contributed by atoms with E-state index in [-0.39, 0.29) is 0 Å². The Labute approximate surface area is 203 Å². The number of Topliss-reactive ketones (excluding diaryl/α,β-unsaturated/α-hetero) is 2. The van der Waals surface area contributed by atoms with E-state index >= 15 is 0 Å². The van der Waals surface area contributed by atoms with E-state index in [2.05, 4.69) is 0 Å². The Balaban J connectivity index is 1.69. The first-order chi connectivity index (χ1) is 17.1. The van der Waals surface area contributed by atoms with Crippen molar-refractivity contribution in [3.8, 4) is 5.75 Å². The quantitative estimate of drug-likeness (QED) is 0.248. The first kappa shape index (κ1) is 22.7. The number of ketones is 2. The molecule has 0 saturated carbocycles. The fraction of sp³-hybridized carbons (Fsp3) is 0.133. The lowest BCUT2D eigenvalue weighted by Crippen LogP contribution is -2.50. The first-order valence-electron chi connectivity index (χ1n) is 11.4. The lowest BCUT2D eigenvalue weighted by Gasteiger charge is -2.30. The summed E-state index contributed by atoms with van der Waals surface area (Å²) in [6.45, 7) is 0. The number of benzene rings is 4. The fourth-order valence-electron chi connectivity index (χ4n) is 4.38. The zero-order valence-corrected chi connectivity index (χ0v) is 19.2. The Morgan fingerprint density at radius 3 is 1.63 bits per heavy atom. The van der Waals surface area contributed by atoms with Gasteiger partial charge in [-0.05, 0) is 17.7 Å². The average Bonchev–Trinajstić information content (AvgIpc) is 3.35. The highest BCUT2D eigenvalue weighted by Gasteiger charge is 2.61. The fourth-order valence-corrected chi connectivity index (χ4v) is 4.38. The molecule has 2 atom stereocenters. The van der Waals surface area contributed by atoms with Crippen molar-refractivity contribution in [1.29, 1.82) is 0 Å². The van der Waals surface area contributed by atoms with Gasteiger partial charge in [0.1, 0.15) is 11.9 Å². The molecule has 5 rings (SSSR count). The second kappa shape index (κ2) is 9.66. The molecule has 0 aliphatic carbocycles. The molecule has 0 radical (unpaired) electrons. The minimum Gasteiger partial charge on any atom is -0.497 e. The highest BCUT2D eigenvalue weighted by molar-refractivity contribution is 6.23. The van der Waals surface area contributed by atoms with Crippen LogP contribution in [0.2, 0.25) is 0 Å². The molecule has 1 saturated heterocycles. The molecule has 1 heterocycles. The van der Waals surface area contributed by atoms with E-state index in [4.69, 9.17) is 14.2 Å². The van der Waals surface area contributed by atoms with Crippen molar-refractivity contribution in [1.82, 2.24) is 0 Å². The summed E-state index contributed by atoms with van der Waals surface area (Å²) < 4.78 is 18.1. The first-order valence-corrected chi connectivity index (χ1v) is 11.4. The monoisotopic (exact) mass is 464 g/mol. The maximum absolute atomic E-state index is 14.2. The Kier molecular flexibility index (Phi) is 6.27. The lowest BCUT2D eigenvalue weighted by molar-refractivity contribution is -0.0768. The summed E-state index contributed by atoms with van der Waals surface area (Å²) in [5.74, 6) is -0.216. The molecule has 1 aliphatic rings. The van der Waals surface area contributed by atoms with Gasteiger partial charge in [0.05, 0.1) is 7.11 Å². The molecule has 35 heavy (non-hydrogen) atoms. The zero-order valence-electron chi connectivity index (χ0n) is 19.2. The van der Waals surface area contributed by atoms with E-state index in [1.54, 1.807) is 67.8 Å². The van der Waals surface area contributed by atoms with Crippen LogP contribution >= 0.6 is 0 Å². The number of methoxy groups -OCH3 is 1. The zero-order chi connectivity index (χ0) is 24.3. The van der Waals surface area contributed by atoms with Crippen LogP contribution in [0, 0.1) is 0 Å². The molecule has 4 aromatic carbocycles. The van der Waals surface area contributed by atoms with Gasteiger partial charge in [-0.1, -0.05) is 103 Å². The number of hydrogen-bond donors (Lipinski definition) is 0. The van der Waals surface area contributed by atoms with Gasteiger partial charge < -0.3 is 14.2 Å². The summed E-state index contributed by atoms with van der Waals surface area (Å²) >= 11 is 0. The smallest absolute Gasteiger partial charge is 0.226 e. The van der Waals surface area contributed by atoms with Gasteiger partial charge in [-0.3, -0.25) is 9.59 Å². The summed E-state index contributed by atoms with van der Waals surface area (Å²) in [6, 6.07) is 33.9. The van der Waals surface area contributed by atoms with Gasteiger partial charge in [-0.2, -0.15) is 0 Å². The maximum Gasteiger partial charge on any atom is 0.226 e. The Hall–Kier alpha value is -4.06. The van der Waals surface area contributed by atoms with Crippen molar-refractivity contribution >= 4 is 11.6 Å². The third kappa shape index (κ3) is 4.16. The highest BCUT2D eigenvalue weighted by Crippen LogP contribution is 2.50. The Morgan fingerprint density at radius 1 is 0.657 bits per heavy atom. The second-order valence-corrected chi connectivity index (χ2v) is 8.28. The summed E-state index contributed by atoms with van der Waals surface area (Å²) in [5, 5.41) is 0.